The Kier molecular flexibility index (Phi) is 4.80. The van der Waals surface area contributed by atoms with Gasteiger partial charge in [0.2, 0.25) is 0 Å². The van der Waals surface area contributed by atoms with E-state index < -0.39 is 0 Å². The van der Waals surface area contributed by atoms with E-state index in [9.17, 15) is 0 Å². The van der Waals surface area contributed by atoms with Crippen molar-refractivity contribution in [1.29, 1.82) is 0 Å². The minimum atomic E-state index is 0.929. The number of hydrogen-bond acceptors (Lipinski definition) is 3. The summed E-state index contributed by atoms with van der Waals surface area (Å²) in [5.41, 5.74) is 1.33. The second-order valence-electron chi connectivity index (χ2n) is 4.77. The number of nitrogens with zero attached hydrogens (tertiary/aromatic N) is 2. The topological polar surface area (TPSA) is 28.2 Å². The van der Waals surface area contributed by atoms with Gasteiger partial charge in [-0.2, -0.15) is 0 Å². The van der Waals surface area contributed by atoms with Crippen molar-refractivity contribution in [3.05, 3.63) is 23.9 Å². The highest BCUT2D eigenvalue weighted by molar-refractivity contribution is 5.35. The lowest BCUT2D eigenvalue weighted by atomic mass is 10.2. The third-order valence-corrected chi connectivity index (χ3v) is 3.29. The summed E-state index contributed by atoms with van der Waals surface area (Å²) in [7, 11) is 0. The zero-order chi connectivity index (χ0) is 11.9. The molecule has 0 aromatic carbocycles. The van der Waals surface area contributed by atoms with Gasteiger partial charge in [-0.3, -0.25) is 4.90 Å². The van der Waals surface area contributed by atoms with Crippen molar-refractivity contribution in [3.63, 3.8) is 0 Å². The third kappa shape index (κ3) is 4.00. The summed E-state index contributed by atoms with van der Waals surface area (Å²) in [5.74, 6) is 0.979. The molecular formula is C14H23N3. The maximum absolute atomic E-state index is 4.42. The van der Waals surface area contributed by atoms with Crippen LogP contribution in [0.15, 0.2) is 18.3 Å². The Morgan fingerprint density at radius 1 is 1.18 bits per heavy atom. The second kappa shape index (κ2) is 6.60. The van der Waals surface area contributed by atoms with Crippen molar-refractivity contribution in [2.45, 2.75) is 39.2 Å². The van der Waals surface area contributed by atoms with Gasteiger partial charge < -0.3 is 5.32 Å². The van der Waals surface area contributed by atoms with Crippen molar-refractivity contribution < 1.29 is 0 Å². The number of hydrogen-bond donors (Lipinski definition) is 1. The number of nitrogens with one attached hydrogen (secondary N) is 1. The van der Waals surface area contributed by atoms with Crippen molar-refractivity contribution in [3.8, 4) is 0 Å². The van der Waals surface area contributed by atoms with Crippen LogP contribution in [0.4, 0.5) is 5.82 Å². The molecule has 1 aliphatic rings. The summed E-state index contributed by atoms with van der Waals surface area (Å²) in [6, 6.07) is 4.27. The smallest absolute Gasteiger partial charge is 0.125 e. The molecule has 2 heterocycles. The summed E-state index contributed by atoms with van der Waals surface area (Å²) in [4.78, 5) is 6.97. The fourth-order valence-electron chi connectivity index (χ4n) is 2.36. The van der Waals surface area contributed by atoms with E-state index in [2.05, 4.69) is 34.3 Å². The van der Waals surface area contributed by atoms with Gasteiger partial charge in [-0.25, -0.2) is 4.98 Å². The predicted octanol–water partition coefficient (Wildman–Crippen LogP) is 2.89. The number of pyridine rings is 1. The summed E-state index contributed by atoms with van der Waals surface area (Å²) >= 11 is 0. The minimum Gasteiger partial charge on any atom is -0.370 e. The lowest BCUT2D eigenvalue weighted by Crippen LogP contribution is -2.24. The van der Waals surface area contributed by atoms with Gasteiger partial charge in [0.1, 0.15) is 5.82 Å². The van der Waals surface area contributed by atoms with Crippen LogP contribution in [0.2, 0.25) is 0 Å². The highest BCUT2D eigenvalue weighted by Gasteiger charge is 2.09. The molecule has 0 saturated carbocycles. The van der Waals surface area contributed by atoms with Gasteiger partial charge in [0, 0.05) is 19.3 Å². The summed E-state index contributed by atoms with van der Waals surface area (Å²) in [5, 5.41) is 3.22. The molecule has 17 heavy (non-hydrogen) atoms. The Labute approximate surface area is 104 Å². The van der Waals surface area contributed by atoms with E-state index in [-0.39, 0.29) is 0 Å². The van der Waals surface area contributed by atoms with Gasteiger partial charge in [0.05, 0.1) is 0 Å². The molecule has 0 spiro atoms. The van der Waals surface area contributed by atoms with Gasteiger partial charge >= 0.3 is 0 Å². The van der Waals surface area contributed by atoms with E-state index in [0.717, 1.165) is 18.9 Å². The van der Waals surface area contributed by atoms with Crippen LogP contribution in [0.3, 0.4) is 0 Å². The van der Waals surface area contributed by atoms with E-state index in [1.807, 2.05) is 6.20 Å². The van der Waals surface area contributed by atoms with Crippen LogP contribution in [-0.4, -0.2) is 29.5 Å². The fourth-order valence-corrected chi connectivity index (χ4v) is 2.36. The lowest BCUT2D eigenvalue weighted by molar-refractivity contribution is 0.276. The van der Waals surface area contributed by atoms with E-state index in [4.69, 9.17) is 0 Å². The first-order chi connectivity index (χ1) is 8.38. The van der Waals surface area contributed by atoms with Gasteiger partial charge in [-0.15, -0.1) is 0 Å². The number of anilines is 1. The minimum absolute atomic E-state index is 0.929. The first-order valence-electron chi connectivity index (χ1n) is 6.79. The molecule has 1 aromatic rings. The first-order valence-corrected chi connectivity index (χ1v) is 6.79. The molecule has 1 aromatic heterocycles. The molecule has 2 rings (SSSR count). The Hall–Kier alpha value is -1.09. The predicted molar refractivity (Wildman–Crippen MR) is 72.1 cm³/mol. The van der Waals surface area contributed by atoms with Crippen LogP contribution in [0.5, 0.6) is 0 Å². The normalized spacial score (nSPS) is 17.7. The SMILES string of the molecule is CCNc1ccc(CN2CCCCCC2)cn1. The van der Waals surface area contributed by atoms with Crippen molar-refractivity contribution in [2.24, 2.45) is 0 Å². The van der Waals surface area contributed by atoms with Crippen LogP contribution in [0.25, 0.3) is 0 Å². The second-order valence-corrected chi connectivity index (χ2v) is 4.77. The van der Waals surface area contributed by atoms with Gasteiger partial charge in [0.15, 0.2) is 0 Å². The fraction of sp³-hybridized carbons (Fsp3) is 0.643. The molecule has 0 unspecified atom stereocenters. The van der Waals surface area contributed by atoms with Crippen molar-refractivity contribution >= 4 is 5.82 Å². The van der Waals surface area contributed by atoms with Crippen LogP contribution in [-0.2, 0) is 6.54 Å². The van der Waals surface area contributed by atoms with E-state index in [1.165, 1.54) is 44.3 Å². The highest BCUT2D eigenvalue weighted by atomic mass is 15.1. The largest absolute Gasteiger partial charge is 0.370 e. The summed E-state index contributed by atoms with van der Waals surface area (Å²) in [6.45, 7) is 6.56. The third-order valence-electron chi connectivity index (χ3n) is 3.29. The molecule has 0 radical (unpaired) electrons. The molecule has 1 fully saturated rings. The van der Waals surface area contributed by atoms with Gasteiger partial charge in [0.25, 0.3) is 0 Å². The molecular weight excluding hydrogens is 210 g/mol. The Balaban J connectivity index is 1.88. The maximum Gasteiger partial charge on any atom is 0.125 e. The first kappa shape index (κ1) is 12.4. The molecule has 0 atom stereocenters. The maximum atomic E-state index is 4.42. The van der Waals surface area contributed by atoms with Crippen LogP contribution < -0.4 is 5.32 Å². The molecule has 1 saturated heterocycles. The van der Waals surface area contributed by atoms with E-state index >= 15 is 0 Å². The van der Waals surface area contributed by atoms with Crippen LogP contribution >= 0.6 is 0 Å². The van der Waals surface area contributed by atoms with Gasteiger partial charge in [-0.1, -0.05) is 18.9 Å². The number of likely N-dealkylation sites (tertiary alicyclic amines) is 1. The standard InChI is InChI=1S/C14H23N3/c1-2-15-14-8-7-13(11-16-14)12-17-9-5-3-4-6-10-17/h7-8,11H,2-6,9-10,12H2,1H3,(H,15,16). The molecule has 1 N–H and O–H groups in total. The molecule has 3 nitrogen and oxygen atoms in total. The summed E-state index contributed by atoms with van der Waals surface area (Å²) in [6.07, 6.45) is 7.50. The Bertz CT molecular complexity index is 313. The molecule has 94 valence electrons. The molecule has 0 aliphatic carbocycles. The highest BCUT2D eigenvalue weighted by Crippen LogP contribution is 2.13. The molecule has 1 aliphatic heterocycles. The average Bonchev–Trinajstić information content (AvgIpc) is 2.61. The van der Waals surface area contributed by atoms with Crippen molar-refractivity contribution in [2.75, 3.05) is 25.0 Å². The lowest BCUT2D eigenvalue weighted by Gasteiger charge is -2.19. The molecule has 3 heteroatoms. The average molecular weight is 233 g/mol. The van der Waals surface area contributed by atoms with Crippen molar-refractivity contribution in [1.82, 2.24) is 9.88 Å². The zero-order valence-corrected chi connectivity index (χ0v) is 10.8. The van der Waals surface area contributed by atoms with Crippen LogP contribution in [0, 0.1) is 0 Å². The van der Waals surface area contributed by atoms with E-state index in [1.54, 1.807) is 0 Å². The zero-order valence-electron chi connectivity index (χ0n) is 10.8. The number of aromatic nitrogens is 1. The molecule has 0 amide bonds. The van der Waals surface area contributed by atoms with E-state index in [0.29, 0.717) is 0 Å². The summed E-state index contributed by atoms with van der Waals surface area (Å²) < 4.78 is 0. The quantitative estimate of drug-likeness (QED) is 0.866. The number of rotatable bonds is 4. The monoisotopic (exact) mass is 233 g/mol. The van der Waals surface area contributed by atoms with Crippen LogP contribution in [0.1, 0.15) is 38.2 Å². The molecule has 0 bridgehead atoms. The Morgan fingerprint density at radius 2 is 1.94 bits per heavy atom. The van der Waals surface area contributed by atoms with Gasteiger partial charge in [-0.05, 0) is 44.5 Å². The Morgan fingerprint density at radius 3 is 2.53 bits per heavy atom.